The Hall–Kier alpha value is -4.55. The van der Waals surface area contributed by atoms with Gasteiger partial charge in [0.05, 0.1) is 31.0 Å². The van der Waals surface area contributed by atoms with Gasteiger partial charge >= 0.3 is 0 Å². The van der Waals surface area contributed by atoms with Crippen molar-refractivity contribution in [1.82, 2.24) is 45.6 Å². The summed E-state index contributed by atoms with van der Waals surface area (Å²) in [5.41, 5.74) is 1.81. The maximum Gasteiger partial charge on any atom is 0.257 e. The molecule has 5 rings (SSSR count). The molecule has 1 saturated heterocycles. The summed E-state index contributed by atoms with van der Waals surface area (Å²) in [5.74, 6) is -1.33. The fourth-order valence-electron chi connectivity index (χ4n) is 4.75. The van der Waals surface area contributed by atoms with E-state index in [0.717, 1.165) is 5.56 Å². The second kappa shape index (κ2) is 11.2. The monoisotopic (exact) mass is 519 g/mol. The molecule has 198 valence electrons. The predicted octanol–water partition coefficient (Wildman–Crippen LogP) is -0.508. The van der Waals surface area contributed by atoms with Crippen LogP contribution in [-0.4, -0.2) is 90.3 Å². The van der Waals surface area contributed by atoms with Gasteiger partial charge in [-0.05, 0) is 12.0 Å². The Kier molecular flexibility index (Phi) is 7.43. The molecule has 0 radical (unpaired) electrons. The first kappa shape index (κ1) is 25.1. The molecule has 0 spiro atoms. The Bertz CT molecular complexity index is 1290. The van der Waals surface area contributed by atoms with Crippen molar-refractivity contribution in [2.75, 3.05) is 19.6 Å². The third kappa shape index (κ3) is 5.71. The van der Waals surface area contributed by atoms with Crippen LogP contribution in [0.25, 0.3) is 0 Å². The van der Waals surface area contributed by atoms with Crippen LogP contribution in [-0.2, 0) is 33.9 Å². The standard InChI is InChI=1S/C25H29N9O4/c35-22-7-4-8-33-15-19(30-31-33)14-26-23(36)21-16-32(24(37)18-12-27-28-13-18)9-10-34(21)25(38)20(29-22)11-17-5-2-1-3-6-17/h1-3,5-6,12-13,15,20-21H,4,7-11,14,16H2,(H,26,36)(H,27,28)(H,29,35)/t20-,21+/m0/s1. The van der Waals surface area contributed by atoms with E-state index in [9.17, 15) is 19.2 Å². The van der Waals surface area contributed by atoms with Gasteiger partial charge in [-0.15, -0.1) is 5.10 Å². The van der Waals surface area contributed by atoms with Crippen LogP contribution in [0.5, 0.6) is 0 Å². The fourth-order valence-corrected chi connectivity index (χ4v) is 4.75. The number of carbonyl (C=O) groups excluding carboxylic acids is 4. The number of aromatic amines is 1. The number of hydrogen-bond acceptors (Lipinski definition) is 7. The van der Waals surface area contributed by atoms with Crippen molar-refractivity contribution in [1.29, 1.82) is 0 Å². The van der Waals surface area contributed by atoms with Crippen molar-refractivity contribution >= 4 is 23.6 Å². The van der Waals surface area contributed by atoms with Gasteiger partial charge in [-0.25, -0.2) is 0 Å². The lowest BCUT2D eigenvalue weighted by atomic mass is 10.0. The zero-order valence-electron chi connectivity index (χ0n) is 20.7. The number of aromatic nitrogens is 5. The third-order valence-corrected chi connectivity index (χ3v) is 6.74. The highest BCUT2D eigenvalue weighted by atomic mass is 16.2. The van der Waals surface area contributed by atoms with Crippen LogP contribution >= 0.6 is 0 Å². The minimum Gasteiger partial charge on any atom is -0.348 e. The summed E-state index contributed by atoms with van der Waals surface area (Å²) in [6, 6.07) is 7.59. The molecule has 13 heteroatoms. The van der Waals surface area contributed by atoms with Gasteiger partial charge in [-0.1, -0.05) is 35.5 Å². The minimum atomic E-state index is -0.956. The summed E-state index contributed by atoms with van der Waals surface area (Å²) >= 11 is 0. The molecule has 2 aromatic heterocycles. The molecular weight excluding hydrogens is 490 g/mol. The molecule has 4 heterocycles. The number of benzene rings is 1. The summed E-state index contributed by atoms with van der Waals surface area (Å²) in [6.07, 6.45) is 5.64. The van der Waals surface area contributed by atoms with Crippen LogP contribution in [0, 0.1) is 0 Å². The number of amides is 4. The molecule has 1 fully saturated rings. The molecule has 4 amide bonds. The van der Waals surface area contributed by atoms with E-state index in [0.29, 0.717) is 24.2 Å². The van der Waals surface area contributed by atoms with E-state index >= 15 is 0 Å². The van der Waals surface area contributed by atoms with Gasteiger partial charge < -0.3 is 20.4 Å². The van der Waals surface area contributed by atoms with Gasteiger partial charge in [-0.3, -0.25) is 29.0 Å². The van der Waals surface area contributed by atoms with E-state index in [1.807, 2.05) is 30.3 Å². The van der Waals surface area contributed by atoms with E-state index < -0.39 is 18.0 Å². The second-order valence-electron chi connectivity index (χ2n) is 9.39. The lowest BCUT2D eigenvalue weighted by Gasteiger charge is -2.41. The summed E-state index contributed by atoms with van der Waals surface area (Å²) in [6.45, 7) is 0.973. The van der Waals surface area contributed by atoms with Crippen LogP contribution in [0.1, 0.15) is 34.5 Å². The highest BCUT2D eigenvalue weighted by Crippen LogP contribution is 2.17. The van der Waals surface area contributed by atoms with Gasteiger partial charge in [0.2, 0.25) is 17.7 Å². The fraction of sp³-hybridized carbons (Fsp3) is 0.400. The lowest BCUT2D eigenvalue weighted by Crippen LogP contribution is -2.64. The number of rotatable bonds is 3. The van der Waals surface area contributed by atoms with Gasteiger partial charge in [0.15, 0.2) is 0 Å². The van der Waals surface area contributed by atoms with Crippen LogP contribution in [0.15, 0.2) is 48.9 Å². The smallest absolute Gasteiger partial charge is 0.257 e. The highest BCUT2D eigenvalue weighted by Gasteiger charge is 2.40. The Labute approximate surface area is 218 Å². The topological polar surface area (TPSA) is 158 Å². The van der Waals surface area contributed by atoms with Gasteiger partial charge in [0.25, 0.3) is 5.91 Å². The zero-order valence-corrected chi connectivity index (χ0v) is 20.7. The first-order valence-corrected chi connectivity index (χ1v) is 12.6. The molecule has 2 atom stereocenters. The van der Waals surface area contributed by atoms with Crippen LogP contribution in [0.2, 0.25) is 0 Å². The molecule has 3 N–H and O–H groups in total. The molecular formula is C25H29N9O4. The molecule has 0 saturated carbocycles. The van der Waals surface area contributed by atoms with Crippen molar-refractivity contribution in [2.24, 2.45) is 0 Å². The average Bonchev–Trinajstić information content (AvgIpc) is 3.63. The normalized spacial score (nSPS) is 21.1. The maximum absolute atomic E-state index is 13.9. The maximum atomic E-state index is 13.9. The number of piperazine rings is 1. The molecule has 0 aliphatic carbocycles. The van der Waals surface area contributed by atoms with Gasteiger partial charge in [-0.2, -0.15) is 5.10 Å². The van der Waals surface area contributed by atoms with E-state index in [4.69, 9.17) is 0 Å². The highest BCUT2D eigenvalue weighted by molar-refractivity contribution is 5.96. The Morgan fingerprint density at radius 1 is 1.08 bits per heavy atom. The number of hydrogen-bond donors (Lipinski definition) is 3. The Morgan fingerprint density at radius 3 is 2.71 bits per heavy atom. The molecule has 0 unspecified atom stereocenters. The average molecular weight is 520 g/mol. The van der Waals surface area contributed by atoms with Crippen molar-refractivity contribution in [3.05, 3.63) is 65.7 Å². The Morgan fingerprint density at radius 2 is 1.92 bits per heavy atom. The number of aryl methyl sites for hydroxylation is 1. The van der Waals surface area contributed by atoms with E-state index in [-0.39, 0.29) is 56.7 Å². The third-order valence-electron chi connectivity index (χ3n) is 6.74. The van der Waals surface area contributed by atoms with Crippen LogP contribution in [0.3, 0.4) is 0 Å². The molecule has 13 nitrogen and oxygen atoms in total. The van der Waals surface area contributed by atoms with E-state index in [1.54, 1.807) is 10.9 Å². The van der Waals surface area contributed by atoms with Crippen LogP contribution in [0.4, 0.5) is 0 Å². The van der Waals surface area contributed by atoms with E-state index in [1.165, 1.54) is 22.2 Å². The molecule has 2 bridgehead atoms. The molecule has 1 aromatic carbocycles. The molecule has 3 aromatic rings. The number of fused-ring (bicyclic) bond motifs is 3. The number of carbonyl (C=O) groups is 4. The predicted molar refractivity (Wildman–Crippen MR) is 133 cm³/mol. The first-order chi connectivity index (χ1) is 18.5. The van der Waals surface area contributed by atoms with Crippen molar-refractivity contribution in [2.45, 2.75) is 44.4 Å². The lowest BCUT2D eigenvalue weighted by molar-refractivity contribution is -0.146. The van der Waals surface area contributed by atoms with Gasteiger partial charge in [0, 0.05) is 38.7 Å². The summed E-state index contributed by atoms with van der Waals surface area (Å²) < 4.78 is 1.62. The first-order valence-electron chi connectivity index (χ1n) is 12.6. The summed E-state index contributed by atoms with van der Waals surface area (Å²) in [4.78, 5) is 56.2. The summed E-state index contributed by atoms with van der Waals surface area (Å²) in [7, 11) is 0. The second-order valence-corrected chi connectivity index (χ2v) is 9.39. The zero-order chi connectivity index (χ0) is 26.5. The molecule has 38 heavy (non-hydrogen) atoms. The minimum absolute atomic E-state index is 0.000278. The van der Waals surface area contributed by atoms with Crippen LogP contribution < -0.4 is 10.6 Å². The number of H-pyrrole nitrogens is 1. The molecule has 2 aliphatic rings. The van der Waals surface area contributed by atoms with Crippen molar-refractivity contribution < 1.29 is 19.2 Å². The number of nitrogens with zero attached hydrogens (tertiary/aromatic N) is 6. The van der Waals surface area contributed by atoms with E-state index in [2.05, 4.69) is 31.1 Å². The number of nitrogens with one attached hydrogen (secondary N) is 3. The largest absolute Gasteiger partial charge is 0.348 e. The van der Waals surface area contributed by atoms with Crippen molar-refractivity contribution in [3.63, 3.8) is 0 Å². The molecule has 2 aliphatic heterocycles. The van der Waals surface area contributed by atoms with Crippen molar-refractivity contribution in [3.8, 4) is 0 Å². The SMILES string of the molecule is O=C1CCCn2cc(nn2)CNC(=O)[C@H]2CN(C(=O)c3cn[nH]c3)CCN2C(=O)[C@H](Cc2ccccc2)N1. The Balaban J connectivity index is 1.43. The quantitative estimate of drug-likeness (QED) is 0.420. The summed E-state index contributed by atoms with van der Waals surface area (Å²) in [5, 5.41) is 20.3. The van der Waals surface area contributed by atoms with Gasteiger partial charge in [0.1, 0.15) is 17.8 Å².